The van der Waals surface area contributed by atoms with Crippen molar-refractivity contribution in [3.63, 3.8) is 0 Å². The van der Waals surface area contributed by atoms with Gasteiger partial charge in [-0.1, -0.05) is 257 Å². The molecule has 4 nitrogen and oxygen atoms in total. The molecule has 2 fully saturated rings. The van der Waals surface area contributed by atoms with Gasteiger partial charge in [0, 0.05) is 65.6 Å². The van der Waals surface area contributed by atoms with Crippen molar-refractivity contribution in [2.24, 2.45) is 0 Å². The number of fused-ring (bicyclic) bond motifs is 12. The molecule has 19 rings (SSSR count). The molecular formula is C90H70N4. The van der Waals surface area contributed by atoms with Crippen molar-refractivity contribution in [2.45, 2.75) is 76.0 Å². The average Bonchev–Trinajstić information content (AvgIpc) is 1.51. The van der Waals surface area contributed by atoms with Gasteiger partial charge in [-0.2, -0.15) is 0 Å². The Morgan fingerprint density at radius 1 is 0.245 bits per heavy atom. The van der Waals surface area contributed by atoms with Crippen LogP contribution in [0.4, 0.5) is 34.1 Å². The molecule has 0 atom stereocenters. The molecule has 0 N–H and O–H groups in total. The van der Waals surface area contributed by atoms with Crippen LogP contribution in [0.25, 0.3) is 121 Å². The maximum absolute atomic E-state index is 2.62. The zero-order valence-electron chi connectivity index (χ0n) is 52.7. The molecule has 17 aromatic rings. The highest BCUT2D eigenvalue weighted by Gasteiger charge is 2.31. The molecule has 2 saturated carbocycles. The van der Waals surface area contributed by atoms with Crippen molar-refractivity contribution in [3.05, 3.63) is 302 Å². The van der Waals surface area contributed by atoms with Crippen molar-refractivity contribution < 1.29 is 0 Å². The van der Waals surface area contributed by atoms with Crippen LogP contribution in [-0.4, -0.2) is 8.80 Å². The summed E-state index contributed by atoms with van der Waals surface area (Å²) >= 11 is 0. The standard InChI is InChI=1S/C90H70N4/c1-7-25-59(26-8-1)65-37-23-39-69(53-65)91(83-55-67(61-29-11-3-12-30-61)45-47-71(83)63-33-15-5-16-34-63)81-51-49-73-77-57-86-78(58-85(77)93-79-43-21-19-41-75(79)87(81)89(73)93)74-50-52-82(88-76-42-20-22-44-80(76)94(86)90(74)88)92(70-40-24-38-66(54-70)60-27-9-2-10-28-60)84-56-68(62-31-13-4-14-32-62)46-48-72(84)64-35-17-6-18-36-64/h1-2,5-10,15-28,33-58,61-62H,3-4,11-14,29-32H2. The lowest BCUT2D eigenvalue weighted by Crippen LogP contribution is -2.13. The number of nitrogens with zero attached hydrogens (tertiary/aromatic N) is 4. The fourth-order valence-corrected chi connectivity index (χ4v) is 17.1. The molecule has 0 radical (unpaired) electrons. The summed E-state index contributed by atoms with van der Waals surface area (Å²) in [5.41, 5.74) is 26.9. The summed E-state index contributed by atoms with van der Waals surface area (Å²) in [6.45, 7) is 0. The average molecular weight is 1210 g/mol. The van der Waals surface area contributed by atoms with E-state index in [0.29, 0.717) is 11.8 Å². The maximum atomic E-state index is 2.62. The summed E-state index contributed by atoms with van der Waals surface area (Å²) in [5.74, 6) is 1.05. The number of benzene rings is 13. The smallest absolute Gasteiger partial charge is 0.0641 e. The Morgan fingerprint density at radius 3 is 1.03 bits per heavy atom. The van der Waals surface area contributed by atoms with Crippen LogP contribution in [0.1, 0.15) is 87.2 Å². The lowest BCUT2D eigenvalue weighted by Gasteiger charge is -2.31. The largest absolute Gasteiger partial charge is 0.309 e. The van der Waals surface area contributed by atoms with E-state index in [1.807, 2.05) is 0 Å². The highest BCUT2D eigenvalue weighted by Crippen LogP contribution is 2.54. The molecule has 13 aromatic carbocycles. The Hall–Kier alpha value is -10.9. The monoisotopic (exact) mass is 1210 g/mol. The minimum Gasteiger partial charge on any atom is -0.309 e. The van der Waals surface area contributed by atoms with E-state index in [-0.39, 0.29) is 0 Å². The summed E-state index contributed by atoms with van der Waals surface area (Å²) < 4.78 is 5.22. The van der Waals surface area contributed by atoms with E-state index in [0.717, 1.165) is 11.4 Å². The van der Waals surface area contributed by atoms with Gasteiger partial charge in [-0.15, -0.1) is 0 Å². The Balaban J connectivity index is 0.865. The SMILES string of the molecule is c1ccc(-c2cccc(N(c3cc(C4CCCCC4)ccc3-c3ccccc3)c3ccc4c5cc6c(cc5n5c7ccccc7c3c45)c3ccc(N(c4cccc(-c5ccccc5)c4)c4cc(C5CCCCC5)ccc4-c4ccccc4)c4c5ccccc5n6c34)c2)cc1. The van der Waals surface area contributed by atoms with E-state index >= 15 is 0 Å². The molecule has 0 amide bonds. The maximum Gasteiger partial charge on any atom is 0.0641 e. The Labute approximate surface area is 548 Å². The first-order valence-electron chi connectivity index (χ1n) is 34.3. The molecule has 4 heteroatoms. The second-order valence-corrected chi connectivity index (χ2v) is 26.8. The quantitative estimate of drug-likeness (QED) is 0.121. The van der Waals surface area contributed by atoms with Crippen molar-refractivity contribution in [1.29, 1.82) is 0 Å². The summed E-state index contributed by atoms with van der Waals surface area (Å²) in [4.78, 5) is 5.24. The predicted octanol–water partition coefficient (Wildman–Crippen LogP) is 25.7. The third kappa shape index (κ3) is 8.79. The number of hydrogen-bond donors (Lipinski definition) is 0. The first-order valence-corrected chi connectivity index (χ1v) is 34.3. The first-order chi connectivity index (χ1) is 46.7. The molecular weight excluding hydrogens is 1140 g/mol. The van der Waals surface area contributed by atoms with Crippen LogP contribution in [0, 0.1) is 0 Å². The van der Waals surface area contributed by atoms with Gasteiger partial charge < -0.3 is 18.6 Å². The number of anilines is 6. The predicted molar refractivity (Wildman–Crippen MR) is 399 cm³/mol. The van der Waals surface area contributed by atoms with Gasteiger partial charge in [0.2, 0.25) is 0 Å². The highest BCUT2D eigenvalue weighted by atomic mass is 15.2. The fraction of sp³-hybridized carbons (Fsp3) is 0.133. The van der Waals surface area contributed by atoms with E-state index in [4.69, 9.17) is 0 Å². The normalized spacial score (nSPS) is 14.3. The van der Waals surface area contributed by atoms with E-state index in [9.17, 15) is 0 Å². The molecule has 0 bridgehead atoms. The van der Waals surface area contributed by atoms with Crippen molar-refractivity contribution in [2.75, 3.05) is 9.80 Å². The molecule has 450 valence electrons. The van der Waals surface area contributed by atoms with Gasteiger partial charge in [0.25, 0.3) is 0 Å². The number of rotatable bonds is 12. The van der Waals surface area contributed by atoms with Crippen LogP contribution in [0.5, 0.6) is 0 Å². The second kappa shape index (κ2) is 22.4. The minimum absolute atomic E-state index is 0.527. The van der Waals surface area contributed by atoms with Crippen LogP contribution >= 0.6 is 0 Å². The third-order valence-corrected chi connectivity index (χ3v) is 21.5. The molecule has 0 unspecified atom stereocenters. The van der Waals surface area contributed by atoms with E-state index in [1.54, 1.807) is 0 Å². The van der Waals surface area contributed by atoms with Gasteiger partial charge in [-0.05, 0) is 155 Å². The zero-order valence-corrected chi connectivity index (χ0v) is 52.7. The van der Waals surface area contributed by atoms with Crippen LogP contribution in [-0.2, 0) is 0 Å². The summed E-state index contributed by atoms with van der Waals surface area (Å²) in [5, 5.41) is 10.0. The van der Waals surface area contributed by atoms with E-state index in [1.165, 1.54) is 219 Å². The number of para-hydroxylation sites is 2. The van der Waals surface area contributed by atoms with E-state index in [2.05, 4.69) is 310 Å². The molecule has 2 aliphatic rings. The highest BCUT2D eigenvalue weighted by molar-refractivity contribution is 6.32. The van der Waals surface area contributed by atoms with Gasteiger partial charge in [0.05, 0.1) is 55.8 Å². The second-order valence-electron chi connectivity index (χ2n) is 26.8. The summed E-state index contributed by atoms with van der Waals surface area (Å²) in [7, 11) is 0. The molecule has 0 aliphatic heterocycles. The molecule has 2 aliphatic carbocycles. The van der Waals surface area contributed by atoms with Crippen molar-refractivity contribution >= 4 is 110 Å². The van der Waals surface area contributed by atoms with Gasteiger partial charge in [-0.3, -0.25) is 0 Å². The molecule has 0 spiro atoms. The molecule has 0 saturated heterocycles. The van der Waals surface area contributed by atoms with E-state index < -0.39 is 0 Å². The van der Waals surface area contributed by atoms with Crippen LogP contribution in [0.15, 0.2) is 291 Å². The lowest BCUT2D eigenvalue weighted by molar-refractivity contribution is 0.443. The van der Waals surface area contributed by atoms with Crippen molar-refractivity contribution in [3.8, 4) is 44.5 Å². The zero-order chi connectivity index (χ0) is 61.8. The van der Waals surface area contributed by atoms with Crippen LogP contribution in [0.2, 0.25) is 0 Å². The Kier molecular flexibility index (Phi) is 13.1. The summed E-state index contributed by atoms with van der Waals surface area (Å²) in [6.07, 6.45) is 12.7. The van der Waals surface area contributed by atoms with Crippen LogP contribution < -0.4 is 9.80 Å². The minimum atomic E-state index is 0.527. The fourth-order valence-electron chi connectivity index (χ4n) is 17.1. The molecule has 94 heavy (non-hydrogen) atoms. The number of hydrogen-bond acceptors (Lipinski definition) is 2. The van der Waals surface area contributed by atoms with Crippen molar-refractivity contribution in [1.82, 2.24) is 8.80 Å². The first kappa shape index (κ1) is 54.8. The lowest BCUT2D eigenvalue weighted by atomic mass is 9.83. The van der Waals surface area contributed by atoms with Gasteiger partial charge in [0.15, 0.2) is 0 Å². The number of aromatic nitrogens is 2. The summed E-state index contributed by atoms with van der Waals surface area (Å²) in [6, 6.07) is 111. The topological polar surface area (TPSA) is 15.3 Å². The van der Waals surface area contributed by atoms with Gasteiger partial charge >= 0.3 is 0 Å². The van der Waals surface area contributed by atoms with Crippen LogP contribution in [0.3, 0.4) is 0 Å². The Bertz CT molecular complexity index is 5340. The van der Waals surface area contributed by atoms with Gasteiger partial charge in [0.1, 0.15) is 0 Å². The molecule has 4 heterocycles. The third-order valence-electron chi connectivity index (χ3n) is 21.5. The Morgan fingerprint density at radius 2 is 0.617 bits per heavy atom. The molecule has 4 aromatic heterocycles. The van der Waals surface area contributed by atoms with Gasteiger partial charge in [-0.25, -0.2) is 0 Å².